The average Bonchev–Trinajstić information content (AvgIpc) is 2.06. The van der Waals surface area contributed by atoms with Crippen LogP contribution in [0.25, 0.3) is 0 Å². The summed E-state index contributed by atoms with van der Waals surface area (Å²) in [7, 11) is 1.66. The summed E-state index contributed by atoms with van der Waals surface area (Å²) >= 11 is 1.72. The quantitative estimate of drug-likeness (QED) is 0.418. The summed E-state index contributed by atoms with van der Waals surface area (Å²) in [5.74, 6) is 0. The molecule has 0 aromatic heterocycles. The number of thioether (sulfide) groups is 1. The van der Waals surface area contributed by atoms with Gasteiger partial charge in [0.1, 0.15) is 0 Å². The van der Waals surface area contributed by atoms with Gasteiger partial charge in [-0.2, -0.15) is 5.48 Å². The molecule has 0 spiro atoms. The van der Waals surface area contributed by atoms with Gasteiger partial charge in [-0.15, -0.1) is 11.8 Å². The van der Waals surface area contributed by atoms with E-state index in [0.29, 0.717) is 0 Å². The van der Waals surface area contributed by atoms with Crippen molar-refractivity contribution in [3.63, 3.8) is 0 Å². The van der Waals surface area contributed by atoms with Gasteiger partial charge in [-0.05, 0) is 12.3 Å². The first-order chi connectivity index (χ1) is 5.38. The largest absolute Gasteiger partial charge is 0.204 e. The maximum Gasteiger partial charge on any atom is 0.175 e. The maximum atomic E-state index is 4.93. The van der Waals surface area contributed by atoms with Crippen LogP contribution in [0.2, 0.25) is 0 Å². The molecule has 2 N–H and O–H groups in total. The van der Waals surface area contributed by atoms with Gasteiger partial charge in [-0.3, -0.25) is 0 Å². The zero-order chi connectivity index (χ0) is 8.10. The minimum Gasteiger partial charge on any atom is -0.204 e. The number of nitrogens with two attached hydrogens (primary N) is 1. The molecule has 0 atom stereocenters. The topological polar surface area (TPSA) is 25.8 Å². The highest BCUT2D eigenvalue weighted by Gasteiger charge is 2.01. The predicted molar refractivity (Wildman–Crippen MR) is 46.8 cm³/mol. The van der Waals surface area contributed by atoms with Crippen molar-refractivity contribution >= 4 is 17.4 Å². The highest BCUT2D eigenvalue weighted by atomic mass is 32.2. The molecular weight excluding hydrogens is 158 g/mol. The molecule has 0 aliphatic rings. The van der Waals surface area contributed by atoms with Crippen molar-refractivity contribution in [1.82, 2.24) is 0 Å². The average molecular weight is 170 g/mol. The number of rotatable bonds is 3. The zero-order valence-electron chi connectivity index (χ0n) is 6.70. The Hall–Kier alpha value is -0.510. The molecule has 2 nitrogen and oxygen atoms in total. The molecule has 0 aliphatic carbocycles. The van der Waals surface area contributed by atoms with E-state index in [1.165, 1.54) is 4.90 Å². The number of benzene rings is 1. The fourth-order valence-electron chi connectivity index (χ4n) is 0.891. The Bertz CT molecular complexity index is 227. The molecule has 11 heavy (non-hydrogen) atoms. The molecule has 0 saturated carbocycles. The first-order valence-corrected chi connectivity index (χ1v) is 4.60. The molecule has 0 unspecified atom stereocenters. The van der Waals surface area contributed by atoms with Crippen LogP contribution in [0.3, 0.4) is 0 Å². The zero-order valence-corrected chi connectivity index (χ0v) is 7.52. The molecule has 1 rings (SSSR count). The molecule has 0 fully saturated rings. The van der Waals surface area contributed by atoms with Crippen LogP contribution in [0.1, 0.15) is 0 Å². The van der Waals surface area contributed by atoms with Crippen LogP contribution < -0.4 is 5.48 Å². The van der Waals surface area contributed by atoms with E-state index in [2.05, 4.69) is 12.3 Å². The third-order valence-corrected chi connectivity index (χ3v) is 2.20. The molecule has 0 radical (unpaired) electrons. The molecular formula is C8H12NOS+. The normalized spacial score (nSPS) is 10.0. The second-order valence-electron chi connectivity index (χ2n) is 2.10. The maximum absolute atomic E-state index is 4.93. The van der Waals surface area contributed by atoms with Crippen LogP contribution in [0, 0.1) is 0 Å². The van der Waals surface area contributed by atoms with Crippen LogP contribution in [-0.2, 0) is 4.84 Å². The Balaban J connectivity index is 2.83. The van der Waals surface area contributed by atoms with Crippen LogP contribution in [0.15, 0.2) is 29.2 Å². The van der Waals surface area contributed by atoms with E-state index in [0.717, 1.165) is 5.69 Å². The van der Waals surface area contributed by atoms with E-state index in [-0.39, 0.29) is 0 Å². The second-order valence-corrected chi connectivity index (χ2v) is 2.94. The summed E-state index contributed by atoms with van der Waals surface area (Å²) in [6.45, 7) is 0. The van der Waals surface area contributed by atoms with Gasteiger partial charge in [0, 0.05) is 6.07 Å². The van der Waals surface area contributed by atoms with Gasteiger partial charge in [0.2, 0.25) is 0 Å². The van der Waals surface area contributed by atoms with Crippen LogP contribution in [0.4, 0.5) is 5.69 Å². The van der Waals surface area contributed by atoms with Crippen molar-refractivity contribution in [2.75, 3.05) is 13.4 Å². The van der Waals surface area contributed by atoms with Gasteiger partial charge in [-0.25, -0.2) is 4.84 Å². The standard InChI is InChI=1S/C8H11NOS/c1-10-9-7-5-3-4-6-8(7)11-2/h3-6,9H,1-2H3/p+1. The minimum atomic E-state index is 1.14. The molecule has 0 aliphatic heterocycles. The van der Waals surface area contributed by atoms with Gasteiger partial charge < -0.3 is 0 Å². The SMILES string of the molecule is CO[NH2+]c1ccccc1SC. The lowest BCUT2D eigenvalue weighted by atomic mass is 10.3. The summed E-state index contributed by atoms with van der Waals surface area (Å²) in [6, 6.07) is 8.15. The molecule has 3 heteroatoms. The van der Waals surface area contributed by atoms with Gasteiger partial charge in [0.05, 0.1) is 12.0 Å². The predicted octanol–water partition coefficient (Wildman–Crippen LogP) is 1.16. The Morgan fingerprint density at radius 2 is 2.09 bits per heavy atom. The Kier molecular flexibility index (Phi) is 3.42. The Labute approximate surface area is 70.9 Å². The molecule has 0 heterocycles. The summed E-state index contributed by atoms with van der Waals surface area (Å²) < 4.78 is 0. The fourth-order valence-corrected chi connectivity index (χ4v) is 1.46. The van der Waals surface area contributed by atoms with Crippen molar-refractivity contribution in [1.29, 1.82) is 0 Å². The summed E-state index contributed by atoms with van der Waals surface area (Å²) in [6.07, 6.45) is 2.06. The third kappa shape index (κ3) is 2.22. The molecule has 0 saturated heterocycles. The summed E-state index contributed by atoms with van der Waals surface area (Å²) in [5, 5.41) is 0. The van der Waals surface area contributed by atoms with Gasteiger partial charge in [0.15, 0.2) is 5.69 Å². The van der Waals surface area contributed by atoms with Crippen molar-refractivity contribution < 1.29 is 10.3 Å². The minimum absolute atomic E-state index is 1.14. The summed E-state index contributed by atoms with van der Waals surface area (Å²) in [4.78, 5) is 6.18. The lowest BCUT2D eigenvalue weighted by Gasteiger charge is -2.00. The molecule has 0 bridgehead atoms. The highest BCUT2D eigenvalue weighted by Crippen LogP contribution is 2.20. The van der Waals surface area contributed by atoms with Crippen LogP contribution in [-0.4, -0.2) is 13.4 Å². The first kappa shape index (κ1) is 8.59. The highest BCUT2D eigenvalue weighted by molar-refractivity contribution is 7.98. The van der Waals surface area contributed by atoms with Crippen molar-refractivity contribution in [2.24, 2.45) is 0 Å². The van der Waals surface area contributed by atoms with Crippen molar-refractivity contribution in [2.45, 2.75) is 4.90 Å². The van der Waals surface area contributed by atoms with Crippen LogP contribution in [0.5, 0.6) is 0 Å². The van der Waals surface area contributed by atoms with E-state index >= 15 is 0 Å². The Morgan fingerprint density at radius 3 is 2.73 bits per heavy atom. The molecule has 0 amide bonds. The molecule has 1 aromatic carbocycles. The third-order valence-electron chi connectivity index (χ3n) is 1.38. The second kappa shape index (κ2) is 4.38. The van der Waals surface area contributed by atoms with Gasteiger partial charge in [0.25, 0.3) is 0 Å². The lowest BCUT2D eigenvalue weighted by molar-refractivity contribution is -0.831. The van der Waals surface area contributed by atoms with Crippen molar-refractivity contribution in [3.05, 3.63) is 24.3 Å². The first-order valence-electron chi connectivity index (χ1n) is 3.37. The number of quaternary nitrogens is 1. The van der Waals surface area contributed by atoms with Crippen molar-refractivity contribution in [3.8, 4) is 0 Å². The number of hydrogen-bond donors (Lipinski definition) is 1. The fraction of sp³-hybridized carbons (Fsp3) is 0.250. The molecule has 60 valence electrons. The lowest BCUT2D eigenvalue weighted by Crippen LogP contribution is -2.76. The monoisotopic (exact) mass is 170 g/mol. The Morgan fingerprint density at radius 1 is 1.36 bits per heavy atom. The van der Waals surface area contributed by atoms with E-state index in [4.69, 9.17) is 4.84 Å². The van der Waals surface area contributed by atoms with E-state index in [9.17, 15) is 0 Å². The summed E-state index contributed by atoms with van der Waals surface area (Å²) in [5.41, 5.74) is 2.90. The number of hydrogen-bond acceptors (Lipinski definition) is 2. The molecule has 1 aromatic rings. The van der Waals surface area contributed by atoms with Gasteiger partial charge in [-0.1, -0.05) is 12.1 Å². The van der Waals surface area contributed by atoms with E-state index in [1.807, 2.05) is 18.2 Å². The smallest absolute Gasteiger partial charge is 0.175 e. The van der Waals surface area contributed by atoms with E-state index in [1.54, 1.807) is 24.4 Å². The van der Waals surface area contributed by atoms with E-state index < -0.39 is 0 Å². The van der Waals surface area contributed by atoms with Crippen LogP contribution >= 0.6 is 11.8 Å². The van der Waals surface area contributed by atoms with Gasteiger partial charge >= 0.3 is 0 Å².